The van der Waals surface area contributed by atoms with Crippen molar-refractivity contribution < 1.29 is 19.4 Å². The van der Waals surface area contributed by atoms with Crippen molar-refractivity contribution in [2.45, 2.75) is 20.3 Å². The molecule has 0 spiro atoms. The van der Waals surface area contributed by atoms with Crippen LogP contribution in [-0.4, -0.2) is 45.4 Å². The van der Waals surface area contributed by atoms with E-state index in [9.17, 15) is 4.79 Å². The van der Waals surface area contributed by atoms with Gasteiger partial charge in [-0.25, -0.2) is 4.79 Å². The molecule has 0 amide bonds. The zero-order valence-electron chi connectivity index (χ0n) is 13.7. The number of aromatic amines is 1. The number of aromatic nitrogens is 3. The van der Waals surface area contributed by atoms with Gasteiger partial charge in [0.05, 0.1) is 17.3 Å². The van der Waals surface area contributed by atoms with Gasteiger partial charge in [0.15, 0.2) is 23.9 Å². The molecule has 1 aromatic heterocycles. The van der Waals surface area contributed by atoms with Crippen LogP contribution in [0.1, 0.15) is 25.2 Å². The highest BCUT2D eigenvalue weighted by molar-refractivity contribution is 9.10. The van der Waals surface area contributed by atoms with E-state index in [4.69, 9.17) is 26.8 Å². The molecule has 2 rings (SSSR count). The zero-order chi connectivity index (χ0) is 18.4. The molecule has 1 heterocycles. The van der Waals surface area contributed by atoms with Crippen molar-refractivity contribution >= 4 is 40.3 Å². The monoisotopic (exact) mass is 428 g/mol. The number of aliphatic carboxylic acids is 1. The first-order valence-corrected chi connectivity index (χ1v) is 8.68. The lowest BCUT2D eigenvalue weighted by molar-refractivity contribution is -0.139. The molecule has 8 nitrogen and oxygen atoms in total. The number of aryl methyl sites for hydroxylation is 1. The topological polar surface area (TPSA) is 102 Å². The van der Waals surface area contributed by atoms with E-state index in [0.29, 0.717) is 39.6 Å². The Labute approximate surface area is 157 Å². The van der Waals surface area contributed by atoms with Gasteiger partial charge in [0, 0.05) is 6.42 Å². The highest BCUT2D eigenvalue weighted by Crippen LogP contribution is 2.36. The molecule has 0 bridgehead atoms. The minimum absolute atomic E-state index is 0.329. The molecule has 10 heteroatoms. The number of carboxylic acids is 1. The Morgan fingerprint density at radius 3 is 2.88 bits per heavy atom. The summed E-state index contributed by atoms with van der Waals surface area (Å²) in [4.78, 5) is 10.7. The van der Waals surface area contributed by atoms with Gasteiger partial charge in [0.25, 0.3) is 0 Å². The molecule has 0 saturated carbocycles. The van der Waals surface area contributed by atoms with Gasteiger partial charge in [0.1, 0.15) is 0 Å². The summed E-state index contributed by atoms with van der Waals surface area (Å²) >= 11 is 8.52. The number of benzene rings is 1. The molecule has 25 heavy (non-hydrogen) atoms. The van der Waals surface area contributed by atoms with Gasteiger partial charge in [-0.05, 0) is 52.8 Å². The third kappa shape index (κ3) is 4.89. The maximum atomic E-state index is 10.7. The van der Waals surface area contributed by atoms with E-state index >= 15 is 0 Å². The SMILES string of the molecule is CCOc1cc(/C=N\n2c(CC)n[nH]c2=S)cc(Br)c1OCC(=O)O. The van der Waals surface area contributed by atoms with Crippen molar-refractivity contribution in [2.75, 3.05) is 13.2 Å². The summed E-state index contributed by atoms with van der Waals surface area (Å²) in [6.45, 7) is 3.72. The summed E-state index contributed by atoms with van der Waals surface area (Å²) in [6.07, 6.45) is 2.29. The van der Waals surface area contributed by atoms with Crippen molar-refractivity contribution in [2.24, 2.45) is 5.10 Å². The van der Waals surface area contributed by atoms with E-state index in [1.165, 1.54) is 0 Å². The normalized spacial score (nSPS) is 11.0. The van der Waals surface area contributed by atoms with Crippen LogP contribution < -0.4 is 9.47 Å². The predicted octanol–water partition coefficient (Wildman–Crippen LogP) is 3.01. The number of nitrogens with one attached hydrogen (secondary N) is 1. The maximum Gasteiger partial charge on any atom is 0.341 e. The Balaban J connectivity index is 2.35. The summed E-state index contributed by atoms with van der Waals surface area (Å²) in [5.41, 5.74) is 0.725. The third-order valence-electron chi connectivity index (χ3n) is 3.03. The van der Waals surface area contributed by atoms with E-state index < -0.39 is 12.6 Å². The van der Waals surface area contributed by atoms with Gasteiger partial charge in [-0.1, -0.05) is 6.92 Å². The van der Waals surface area contributed by atoms with Crippen molar-refractivity contribution in [1.82, 2.24) is 14.9 Å². The number of nitrogens with zero attached hydrogens (tertiary/aromatic N) is 3. The van der Waals surface area contributed by atoms with Gasteiger partial charge in [-0.3, -0.25) is 5.10 Å². The molecule has 0 aliphatic heterocycles. The molecular weight excluding hydrogens is 412 g/mol. The summed E-state index contributed by atoms with van der Waals surface area (Å²) in [5.74, 6) is 0.398. The zero-order valence-corrected chi connectivity index (χ0v) is 16.1. The van der Waals surface area contributed by atoms with Gasteiger partial charge >= 0.3 is 5.97 Å². The van der Waals surface area contributed by atoms with Crippen LogP contribution in [0.25, 0.3) is 0 Å². The third-order valence-corrected chi connectivity index (χ3v) is 3.88. The standard InChI is InChI=1S/C15H17BrN4O4S/c1-3-12-18-19-15(25)20(12)17-7-9-5-10(16)14(24-8-13(21)22)11(6-9)23-4-2/h5-7H,3-4,8H2,1-2H3,(H,19,25)(H,21,22)/b17-7-. The lowest BCUT2D eigenvalue weighted by Crippen LogP contribution is -2.11. The van der Waals surface area contributed by atoms with E-state index in [-0.39, 0.29) is 0 Å². The number of carboxylic acid groups (broad SMARTS) is 1. The van der Waals surface area contributed by atoms with E-state index in [2.05, 4.69) is 31.2 Å². The van der Waals surface area contributed by atoms with Crippen LogP contribution in [0.2, 0.25) is 0 Å². The first-order chi connectivity index (χ1) is 12.0. The van der Waals surface area contributed by atoms with Crippen LogP contribution in [0.5, 0.6) is 11.5 Å². The first kappa shape index (κ1) is 19.1. The van der Waals surface area contributed by atoms with E-state index in [1.807, 2.05) is 13.8 Å². The maximum absolute atomic E-state index is 10.7. The predicted molar refractivity (Wildman–Crippen MR) is 98.2 cm³/mol. The number of rotatable bonds is 8. The number of H-pyrrole nitrogens is 1. The molecule has 1 aromatic carbocycles. The fourth-order valence-electron chi connectivity index (χ4n) is 2.00. The number of ether oxygens (including phenoxy) is 2. The minimum atomic E-state index is -1.07. The van der Waals surface area contributed by atoms with Crippen LogP contribution in [0.15, 0.2) is 21.7 Å². The van der Waals surface area contributed by atoms with Crippen LogP contribution in [0.3, 0.4) is 0 Å². The van der Waals surface area contributed by atoms with Crippen molar-refractivity contribution in [1.29, 1.82) is 0 Å². The quantitative estimate of drug-likeness (QED) is 0.494. The lowest BCUT2D eigenvalue weighted by atomic mass is 10.2. The second-order valence-corrected chi connectivity index (χ2v) is 6.04. The average molecular weight is 429 g/mol. The highest BCUT2D eigenvalue weighted by Gasteiger charge is 2.13. The molecule has 0 atom stereocenters. The largest absolute Gasteiger partial charge is 0.490 e. The Hall–Kier alpha value is -2.20. The smallest absolute Gasteiger partial charge is 0.341 e. The van der Waals surface area contributed by atoms with Crippen molar-refractivity contribution in [3.8, 4) is 11.5 Å². The molecule has 0 saturated heterocycles. The molecule has 0 fully saturated rings. The molecule has 2 N–H and O–H groups in total. The summed E-state index contributed by atoms with van der Waals surface area (Å²) in [5, 5.41) is 19.9. The van der Waals surface area contributed by atoms with Gasteiger partial charge in [-0.15, -0.1) is 0 Å². The summed E-state index contributed by atoms with van der Waals surface area (Å²) in [7, 11) is 0. The van der Waals surface area contributed by atoms with Crippen LogP contribution in [0, 0.1) is 4.77 Å². The Morgan fingerprint density at radius 2 is 2.24 bits per heavy atom. The molecule has 0 aliphatic rings. The Bertz CT molecular complexity index is 847. The second kappa shape index (κ2) is 8.77. The van der Waals surface area contributed by atoms with Gasteiger partial charge < -0.3 is 14.6 Å². The van der Waals surface area contributed by atoms with Crippen molar-refractivity contribution in [3.63, 3.8) is 0 Å². The fourth-order valence-corrected chi connectivity index (χ4v) is 2.77. The summed E-state index contributed by atoms with van der Waals surface area (Å²) < 4.78 is 13.3. The molecule has 134 valence electrons. The first-order valence-electron chi connectivity index (χ1n) is 7.47. The van der Waals surface area contributed by atoms with E-state index in [0.717, 1.165) is 5.56 Å². The van der Waals surface area contributed by atoms with E-state index in [1.54, 1.807) is 23.0 Å². The lowest BCUT2D eigenvalue weighted by Gasteiger charge is -2.13. The highest BCUT2D eigenvalue weighted by atomic mass is 79.9. The number of halogens is 1. The van der Waals surface area contributed by atoms with Gasteiger partial charge in [0.2, 0.25) is 4.77 Å². The van der Waals surface area contributed by atoms with Crippen molar-refractivity contribution in [3.05, 3.63) is 32.8 Å². The molecular formula is C15H17BrN4O4S. The molecule has 0 radical (unpaired) electrons. The molecule has 0 unspecified atom stereocenters. The Morgan fingerprint density at radius 1 is 1.48 bits per heavy atom. The van der Waals surface area contributed by atoms with Crippen LogP contribution >= 0.6 is 28.1 Å². The average Bonchev–Trinajstić information content (AvgIpc) is 2.92. The van der Waals surface area contributed by atoms with Gasteiger partial charge in [-0.2, -0.15) is 14.9 Å². The Kier molecular flexibility index (Phi) is 6.71. The number of hydrogen-bond donors (Lipinski definition) is 2. The minimum Gasteiger partial charge on any atom is -0.490 e. The second-order valence-electron chi connectivity index (χ2n) is 4.80. The molecule has 0 aliphatic carbocycles. The van der Waals surface area contributed by atoms with Crippen LogP contribution in [0.4, 0.5) is 0 Å². The summed E-state index contributed by atoms with van der Waals surface area (Å²) in [6, 6.07) is 3.46. The van der Waals surface area contributed by atoms with Crippen LogP contribution in [-0.2, 0) is 11.2 Å². The number of hydrogen-bond acceptors (Lipinski definition) is 6. The number of carbonyl (C=O) groups is 1. The fraction of sp³-hybridized carbons (Fsp3) is 0.333. The molecule has 2 aromatic rings.